The van der Waals surface area contributed by atoms with Crippen LogP contribution in [0, 0.1) is 0 Å². The van der Waals surface area contributed by atoms with E-state index < -0.39 is 11.9 Å². The van der Waals surface area contributed by atoms with Gasteiger partial charge in [0.05, 0.1) is 23.4 Å². The van der Waals surface area contributed by atoms with Gasteiger partial charge in [0.1, 0.15) is 11.2 Å². The smallest absolute Gasteiger partial charge is 0.339 e. The summed E-state index contributed by atoms with van der Waals surface area (Å²) in [6.45, 7) is 0. The molecule has 0 atom stereocenters. The average Bonchev–Trinajstić information content (AvgIpc) is 3.19. The molecule has 0 unspecified atom stereocenters. The number of aromatic nitrogens is 3. The van der Waals surface area contributed by atoms with Crippen LogP contribution >= 0.6 is 34.5 Å². The second-order valence-electron chi connectivity index (χ2n) is 5.04. The van der Waals surface area contributed by atoms with Gasteiger partial charge >= 0.3 is 5.97 Å². The zero-order valence-electron chi connectivity index (χ0n) is 13.6. The van der Waals surface area contributed by atoms with Gasteiger partial charge in [-0.15, -0.1) is 10.2 Å². The van der Waals surface area contributed by atoms with Gasteiger partial charge in [0, 0.05) is 11.2 Å². The number of phenolic OH excluding ortho intramolecular Hbond substituents is 1. The minimum absolute atomic E-state index is 0.00616. The molecule has 0 aliphatic carbocycles. The minimum Gasteiger partial charge on any atom is -0.504 e. The van der Waals surface area contributed by atoms with Crippen molar-refractivity contribution in [2.75, 3.05) is 12.0 Å². The number of ether oxygens (including phenoxy) is 1. The van der Waals surface area contributed by atoms with Crippen molar-refractivity contribution in [3.8, 4) is 5.75 Å². The van der Waals surface area contributed by atoms with Crippen molar-refractivity contribution >= 4 is 57.2 Å². The summed E-state index contributed by atoms with van der Waals surface area (Å²) in [5.41, 5.74) is 1.62. The van der Waals surface area contributed by atoms with Crippen LogP contribution in [0.15, 0.2) is 36.0 Å². The number of carbonyl (C=O) groups excluding carboxylic acids is 2. The number of hydrogen-bond acceptors (Lipinski definition) is 8. The van der Waals surface area contributed by atoms with Crippen LogP contribution in [0.5, 0.6) is 5.75 Å². The maximum absolute atomic E-state index is 13.1. The van der Waals surface area contributed by atoms with E-state index in [-0.39, 0.29) is 37.9 Å². The number of halogens is 2. The van der Waals surface area contributed by atoms with E-state index in [1.807, 2.05) is 0 Å². The van der Waals surface area contributed by atoms with E-state index in [2.05, 4.69) is 19.9 Å². The van der Waals surface area contributed by atoms with Crippen LogP contribution < -0.4 is 4.90 Å². The molecular weight excluding hydrogens is 415 g/mol. The van der Waals surface area contributed by atoms with Gasteiger partial charge in [0.25, 0.3) is 5.91 Å². The third-order valence-electron chi connectivity index (χ3n) is 3.40. The third kappa shape index (κ3) is 3.85. The Hall–Kier alpha value is -2.75. The van der Waals surface area contributed by atoms with Crippen LogP contribution in [0.4, 0.5) is 10.8 Å². The molecule has 3 rings (SSSR count). The molecule has 1 N–H and O–H groups in total. The highest BCUT2D eigenvalue weighted by molar-refractivity contribution is 7.13. The molecular formula is C16H10Cl2N4O4S. The number of anilines is 2. The summed E-state index contributed by atoms with van der Waals surface area (Å²) < 4.78 is 4.60. The molecule has 0 radical (unpaired) electrons. The number of carbonyl (C=O) groups is 2. The van der Waals surface area contributed by atoms with E-state index in [0.29, 0.717) is 0 Å². The summed E-state index contributed by atoms with van der Waals surface area (Å²) in [6, 6.07) is 5.46. The Bertz CT molecular complexity index is 996. The first kappa shape index (κ1) is 19.0. The largest absolute Gasteiger partial charge is 0.504 e. The van der Waals surface area contributed by atoms with Crippen LogP contribution in [0.3, 0.4) is 0 Å². The minimum atomic E-state index is -0.628. The topological polar surface area (TPSA) is 106 Å². The first-order chi connectivity index (χ1) is 12.9. The summed E-state index contributed by atoms with van der Waals surface area (Å²) in [4.78, 5) is 29.7. The lowest BCUT2D eigenvalue weighted by molar-refractivity contribution is 0.0600. The first-order valence-corrected chi connectivity index (χ1v) is 8.89. The van der Waals surface area contributed by atoms with Crippen LogP contribution in [-0.2, 0) is 4.74 Å². The maximum Gasteiger partial charge on any atom is 0.339 e. The van der Waals surface area contributed by atoms with Gasteiger partial charge in [0.15, 0.2) is 5.75 Å². The predicted octanol–water partition coefficient (Wildman–Crippen LogP) is 3.71. The number of amides is 1. The molecule has 2 heterocycles. The molecule has 2 aromatic heterocycles. The highest BCUT2D eigenvalue weighted by atomic mass is 35.5. The number of esters is 1. The zero-order valence-corrected chi connectivity index (χ0v) is 15.9. The van der Waals surface area contributed by atoms with E-state index in [9.17, 15) is 14.7 Å². The molecule has 8 nitrogen and oxygen atoms in total. The fraction of sp³-hybridized carbons (Fsp3) is 0.0625. The number of hydrogen-bond donors (Lipinski definition) is 1. The monoisotopic (exact) mass is 424 g/mol. The second kappa shape index (κ2) is 7.87. The molecule has 0 saturated heterocycles. The van der Waals surface area contributed by atoms with Crippen LogP contribution in [0.2, 0.25) is 10.0 Å². The molecule has 1 aromatic carbocycles. The van der Waals surface area contributed by atoms with Gasteiger partial charge in [-0.05, 0) is 24.3 Å². The van der Waals surface area contributed by atoms with Crippen molar-refractivity contribution in [1.29, 1.82) is 0 Å². The summed E-state index contributed by atoms with van der Waals surface area (Å²) in [5, 5.41) is 18.3. The number of nitrogens with zero attached hydrogens (tertiary/aromatic N) is 4. The Kier molecular flexibility index (Phi) is 5.54. The molecule has 0 fully saturated rings. The fourth-order valence-corrected chi connectivity index (χ4v) is 3.21. The van der Waals surface area contributed by atoms with Gasteiger partial charge in [0.2, 0.25) is 5.13 Å². The van der Waals surface area contributed by atoms with Gasteiger partial charge in [-0.3, -0.25) is 9.78 Å². The average molecular weight is 425 g/mol. The maximum atomic E-state index is 13.1. The van der Waals surface area contributed by atoms with Crippen molar-refractivity contribution < 1.29 is 19.4 Å². The Labute approximate surface area is 167 Å². The van der Waals surface area contributed by atoms with Crippen molar-refractivity contribution in [2.45, 2.75) is 0 Å². The summed E-state index contributed by atoms with van der Waals surface area (Å²) in [7, 11) is 1.24. The molecule has 0 bridgehead atoms. The number of aromatic hydroxyl groups is 1. The molecule has 3 aromatic rings. The molecule has 0 spiro atoms. The highest BCUT2D eigenvalue weighted by Crippen LogP contribution is 2.41. The van der Waals surface area contributed by atoms with Crippen LogP contribution in [-0.4, -0.2) is 39.3 Å². The lowest BCUT2D eigenvalue weighted by atomic mass is 10.2. The molecule has 27 heavy (non-hydrogen) atoms. The van der Waals surface area contributed by atoms with E-state index in [1.165, 1.54) is 43.1 Å². The zero-order chi connectivity index (χ0) is 19.6. The molecule has 11 heteroatoms. The number of pyridine rings is 1. The molecule has 0 aliphatic heterocycles. The summed E-state index contributed by atoms with van der Waals surface area (Å²) in [5.74, 6) is -1.56. The Balaban J connectivity index is 2.07. The number of rotatable bonds is 4. The highest BCUT2D eigenvalue weighted by Gasteiger charge is 2.27. The Morgan fingerprint density at radius 3 is 2.63 bits per heavy atom. The number of phenols is 1. The van der Waals surface area contributed by atoms with Crippen molar-refractivity contribution in [2.24, 2.45) is 0 Å². The number of benzene rings is 1. The lowest BCUT2D eigenvalue weighted by Crippen LogP contribution is -2.27. The summed E-state index contributed by atoms with van der Waals surface area (Å²) >= 11 is 13.1. The van der Waals surface area contributed by atoms with Crippen molar-refractivity contribution in [3.05, 3.63) is 57.3 Å². The van der Waals surface area contributed by atoms with E-state index >= 15 is 0 Å². The van der Waals surface area contributed by atoms with E-state index in [4.69, 9.17) is 23.2 Å². The van der Waals surface area contributed by atoms with Crippen LogP contribution in [0.25, 0.3) is 0 Å². The normalized spacial score (nSPS) is 10.5. The molecule has 1 amide bonds. The predicted molar refractivity (Wildman–Crippen MR) is 100 cm³/mol. The van der Waals surface area contributed by atoms with E-state index in [1.54, 1.807) is 0 Å². The third-order valence-corrected chi connectivity index (χ3v) is 4.58. The quantitative estimate of drug-likeness (QED) is 0.636. The van der Waals surface area contributed by atoms with Gasteiger partial charge in [-0.2, -0.15) is 0 Å². The number of methoxy groups -OCH3 is 1. The fourth-order valence-electron chi connectivity index (χ4n) is 2.16. The second-order valence-corrected chi connectivity index (χ2v) is 6.70. The van der Waals surface area contributed by atoms with Crippen molar-refractivity contribution in [3.63, 3.8) is 0 Å². The standard InChI is InChI=1S/C16H10Cl2N4O4S/c1-26-15(25)8-2-3-11(19-6-8)14(24)22(16-21-20-7-27-16)12-5-9(17)4-10(18)13(12)23/h2-7,23H,1H3. The van der Waals surface area contributed by atoms with Crippen LogP contribution in [0.1, 0.15) is 20.8 Å². The first-order valence-electron chi connectivity index (χ1n) is 7.25. The van der Waals surface area contributed by atoms with Crippen molar-refractivity contribution in [1.82, 2.24) is 15.2 Å². The Morgan fingerprint density at radius 1 is 1.26 bits per heavy atom. The molecule has 0 aliphatic rings. The van der Waals surface area contributed by atoms with Gasteiger partial charge in [-0.25, -0.2) is 9.69 Å². The van der Waals surface area contributed by atoms with Gasteiger partial charge in [-0.1, -0.05) is 34.5 Å². The summed E-state index contributed by atoms with van der Waals surface area (Å²) in [6.07, 6.45) is 1.21. The molecule has 138 valence electrons. The SMILES string of the molecule is COC(=O)c1ccc(C(=O)N(c2nncs2)c2cc(Cl)cc(Cl)c2O)nc1. The Morgan fingerprint density at radius 2 is 2.04 bits per heavy atom. The van der Waals surface area contributed by atoms with E-state index in [0.717, 1.165) is 16.2 Å². The lowest BCUT2D eigenvalue weighted by Gasteiger charge is -2.21. The van der Waals surface area contributed by atoms with Gasteiger partial charge < -0.3 is 9.84 Å². The molecule has 0 saturated carbocycles.